The van der Waals surface area contributed by atoms with E-state index >= 15 is 0 Å². The van der Waals surface area contributed by atoms with Gasteiger partial charge in [-0.05, 0) is 44.9 Å². The number of esters is 1. The van der Waals surface area contributed by atoms with Crippen LogP contribution in [-0.2, 0) is 9.53 Å². The maximum absolute atomic E-state index is 12.8. The van der Waals surface area contributed by atoms with Crippen LogP contribution in [0, 0.1) is 0 Å². The van der Waals surface area contributed by atoms with Crippen molar-refractivity contribution in [3.8, 4) is 0 Å². The topological polar surface area (TPSA) is 26.3 Å². The molecule has 0 spiro atoms. The molecule has 0 amide bonds. The lowest BCUT2D eigenvalue weighted by Crippen LogP contribution is -2.21. The van der Waals surface area contributed by atoms with E-state index in [1.54, 1.807) is 0 Å². The fourth-order valence-corrected chi connectivity index (χ4v) is 8.87. The molecule has 0 saturated heterocycles. The van der Waals surface area contributed by atoms with Crippen molar-refractivity contribution in [2.45, 2.75) is 137 Å². The molecule has 180 valence electrons. The zero-order chi connectivity index (χ0) is 22.3. The summed E-state index contributed by atoms with van der Waals surface area (Å²) in [6.07, 6.45) is 26.7. The van der Waals surface area contributed by atoms with Crippen LogP contribution >= 0.6 is 7.26 Å². The summed E-state index contributed by atoms with van der Waals surface area (Å²) in [7, 11) is -1.21. The van der Waals surface area contributed by atoms with E-state index in [0.717, 1.165) is 12.6 Å². The molecule has 0 aromatic carbocycles. The monoisotopic (exact) mass is 443 g/mol. The highest BCUT2D eigenvalue weighted by Gasteiger charge is 2.38. The first-order valence-electron chi connectivity index (χ1n) is 13.6. The predicted octanol–water partition coefficient (Wildman–Crippen LogP) is 9.26. The first-order valence-corrected chi connectivity index (χ1v) is 16.2. The largest absolute Gasteiger partial charge is 0.463 e. The summed E-state index contributed by atoms with van der Waals surface area (Å²) in [4.78, 5) is 12.8. The summed E-state index contributed by atoms with van der Waals surface area (Å²) >= 11 is 0. The summed E-state index contributed by atoms with van der Waals surface area (Å²) in [6, 6.07) is 0. The van der Waals surface area contributed by atoms with E-state index in [-0.39, 0.29) is 5.97 Å². The summed E-state index contributed by atoms with van der Waals surface area (Å²) in [5, 5.41) is 0. The normalized spacial score (nSPS) is 11.7. The third-order valence-corrected chi connectivity index (χ3v) is 11.2. The smallest absolute Gasteiger partial charge is 0.343 e. The van der Waals surface area contributed by atoms with E-state index < -0.39 is 7.26 Å². The summed E-state index contributed by atoms with van der Waals surface area (Å²) in [5.41, 5.74) is 0. The second kappa shape index (κ2) is 22.1. The highest BCUT2D eigenvalue weighted by Crippen LogP contribution is 2.60. The van der Waals surface area contributed by atoms with Crippen LogP contribution < -0.4 is 0 Å². The molecule has 0 rings (SSSR count). The van der Waals surface area contributed by atoms with Crippen LogP contribution in [0.1, 0.15) is 137 Å². The number of ether oxygens (including phenoxy) is 1. The van der Waals surface area contributed by atoms with Gasteiger partial charge in [-0.3, -0.25) is 0 Å². The molecule has 0 aromatic rings. The Morgan fingerprint density at radius 3 is 1.30 bits per heavy atom. The summed E-state index contributed by atoms with van der Waals surface area (Å²) in [6.45, 7) is 9.75. The summed E-state index contributed by atoms with van der Waals surface area (Å²) < 4.78 is 5.75. The third kappa shape index (κ3) is 17.6. The van der Waals surface area contributed by atoms with Crippen molar-refractivity contribution in [3.63, 3.8) is 0 Å². The first-order chi connectivity index (χ1) is 14.6. The van der Waals surface area contributed by atoms with E-state index in [1.165, 1.54) is 121 Å². The Bertz CT molecular complexity index is 339. The van der Waals surface area contributed by atoms with Crippen LogP contribution in [0.5, 0.6) is 0 Å². The second-order valence-corrected chi connectivity index (χ2v) is 13.8. The maximum Gasteiger partial charge on any atom is 0.343 e. The van der Waals surface area contributed by atoms with Crippen LogP contribution in [0.4, 0.5) is 0 Å². The van der Waals surface area contributed by atoms with E-state index in [4.69, 9.17) is 4.74 Å². The zero-order valence-electron chi connectivity index (χ0n) is 21.3. The maximum atomic E-state index is 12.8. The Balaban J connectivity index is 4.79. The highest BCUT2D eigenvalue weighted by atomic mass is 31.2. The minimum atomic E-state index is -1.21. The van der Waals surface area contributed by atoms with E-state index in [1.807, 2.05) is 0 Å². The fourth-order valence-electron chi connectivity index (χ4n) is 4.41. The number of hydrogen-bond donors (Lipinski definition) is 0. The molecular weight excluding hydrogens is 387 g/mol. The number of hydrogen-bond acceptors (Lipinski definition) is 2. The van der Waals surface area contributed by atoms with E-state index in [0.29, 0.717) is 6.61 Å². The van der Waals surface area contributed by atoms with Gasteiger partial charge in [0, 0.05) is 7.26 Å². The quantitative estimate of drug-likeness (QED) is 0.0893. The van der Waals surface area contributed by atoms with Gasteiger partial charge in [-0.25, -0.2) is 4.79 Å². The van der Waals surface area contributed by atoms with Crippen LogP contribution in [0.2, 0.25) is 0 Å². The van der Waals surface area contributed by atoms with Crippen LogP contribution in [0.25, 0.3) is 0 Å². The molecule has 0 aliphatic heterocycles. The molecule has 30 heavy (non-hydrogen) atoms. The molecular formula is C27H56O2P+. The standard InChI is InChI=1S/C27H56O2P/c1-5-9-13-17-18-22-29-27(28)26-30(23-19-14-10-6-2,24-20-15-11-7-3)25-21-16-12-8-4/h5-26H2,1-4H3/q+1. The molecule has 2 nitrogen and oxygen atoms in total. The average molecular weight is 444 g/mol. The molecule has 0 aliphatic rings. The second-order valence-electron chi connectivity index (χ2n) is 9.49. The lowest BCUT2D eigenvalue weighted by molar-refractivity contribution is -0.140. The Morgan fingerprint density at radius 1 is 0.533 bits per heavy atom. The number of unbranched alkanes of at least 4 members (excludes halogenated alkanes) is 13. The molecule has 0 N–H and O–H groups in total. The van der Waals surface area contributed by atoms with Gasteiger partial charge < -0.3 is 4.74 Å². The van der Waals surface area contributed by atoms with Crippen LogP contribution in [0.3, 0.4) is 0 Å². The van der Waals surface area contributed by atoms with Gasteiger partial charge in [-0.2, -0.15) is 0 Å². The molecule has 0 fully saturated rings. The first kappa shape index (κ1) is 29.9. The van der Waals surface area contributed by atoms with Gasteiger partial charge in [0.1, 0.15) is 0 Å². The van der Waals surface area contributed by atoms with Crippen molar-refractivity contribution in [3.05, 3.63) is 0 Å². The lowest BCUT2D eigenvalue weighted by Gasteiger charge is -2.27. The highest BCUT2D eigenvalue weighted by molar-refractivity contribution is 7.76. The lowest BCUT2D eigenvalue weighted by atomic mass is 10.2. The number of rotatable bonds is 23. The van der Waals surface area contributed by atoms with Gasteiger partial charge in [-0.1, -0.05) is 91.9 Å². The van der Waals surface area contributed by atoms with Gasteiger partial charge >= 0.3 is 5.97 Å². The van der Waals surface area contributed by atoms with Crippen molar-refractivity contribution in [1.82, 2.24) is 0 Å². The van der Waals surface area contributed by atoms with Crippen molar-refractivity contribution in [1.29, 1.82) is 0 Å². The van der Waals surface area contributed by atoms with Crippen molar-refractivity contribution in [2.75, 3.05) is 31.3 Å². The molecule has 0 atom stereocenters. The zero-order valence-corrected chi connectivity index (χ0v) is 22.2. The summed E-state index contributed by atoms with van der Waals surface area (Å²) in [5.74, 6) is 0.125. The molecule has 0 aliphatic carbocycles. The molecule has 0 unspecified atom stereocenters. The van der Waals surface area contributed by atoms with E-state index in [2.05, 4.69) is 27.7 Å². The molecule has 0 radical (unpaired) electrons. The minimum Gasteiger partial charge on any atom is -0.463 e. The molecule has 3 heteroatoms. The van der Waals surface area contributed by atoms with Gasteiger partial charge in [0.2, 0.25) is 0 Å². The predicted molar refractivity (Wildman–Crippen MR) is 139 cm³/mol. The van der Waals surface area contributed by atoms with E-state index in [9.17, 15) is 4.79 Å². The fraction of sp³-hybridized carbons (Fsp3) is 0.963. The molecule has 0 saturated carbocycles. The average Bonchev–Trinajstić information content (AvgIpc) is 2.74. The SMILES string of the molecule is CCCCCCCOC(=O)C[P+](CCCCCC)(CCCCCC)CCCCCC. The number of carbonyl (C=O) groups excluding carboxylic acids is 1. The third-order valence-electron chi connectivity index (χ3n) is 6.43. The van der Waals surface area contributed by atoms with Crippen molar-refractivity contribution in [2.24, 2.45) is 0 Å². The van der Waals surface area contributed by atoms with Crippen LogP contribution in [-0.4, -0.2) is 37.2 Å². The molecule has 0 heterocycles. The Kier molecular flexibility index (Phi) is 22.0. The van der Waals surface area contributed by atoms with Gasteiger partial charge in [0.25, 0.3) is 0 Å². The molecule has 0 bridgehead atoms. The van der Waals surface area contributed by atoms with Crippen LogP contribution in [0.15, 0.2) is 0 Å². The molecule has 0 aromatic heterocycles. The van der Waals surface area contributed by atoms with Crippen molar-refractivity contribution >= 4 is 13.2 Å². The van der Waals surface area contributed by atoms with Crippen molar-refractivity contribution < 1.29 is 9.53 Å². The van der Waals surface area contributed by atoms with Gasteiger partial charge in [-0.15, -0.1) is 0 Å². The van der Waals surface area contributed by atoms with Gasteiger partial charge in [0.05, 0.1) is 25.1 Å². The van der Waals surface area contributed by atoms with Gasteiger partial charge in [0.15, 0.2) is 6.16 Å². The Hall–Kier alpha value is -0.100. The Morgan fingerprint density at radius 2 is 0.900 bits per heavy atom. The minimum absolute atomic E-state index is 0.125. The number of carbonyl (C=O) groups is 1. The Labute approximate surface area is 191 Å².